The number of halogens is 3. The minimum atomic E-state index is -4.83. The van der Waals surface area contributed by atoms with Crippen molar-refractivity contribution in [2.45, 2.75) is 36.1 Å². The number of methoxy groups -OCH3 is 3. The number of fused-ring (bicyclic) bond motifs is 1. The van der Waals surface area contributed by atoms with E-state index in [2.05, 4.69) is 9.71 Å². The highest BCUT2D eigenvalue weighted by atomic mass is 32.2. The molecule has 2 unspecified atom stereocenters. The number of rotatable bonds is 8. The first kappa shape index (κ1) is 26.4. The number of hydrogen-bond donors (Lipinski definition) is 1. The van der Waals surface area contributed by atoms with E-state index in [9.17, 15) is 21.6 Å². The van der Waals surface area contributed by atoms with Gasteiger partial charge in [-0.1, -0.05) is 18.2 Å². The highest BCUT2D eigenvalue weighted by Crippen LogP contribution is 2.36. The number of ether oxygens (including phenoxy) is 4. The largest absolute Gasteiger partial charge is 0.497 e. The molecular formula is C25H25F3N2O6S. The fraction of sp³-hybridized carbons (Fsp3) is 0.320. The van der Waals surface area contributed by atoms with E-state index in [1.165, 1.54) is 32.4 Å². The van der Waals surface area contributed by atoms with Crippen LogP contribution in [0.2, 0.25) is 0 Å². The summed E-state index contributed by atoms with van der Waals surface area (Å²) in [5.41, 5.74) is -0.398. The van der Waals surface area contributed by atoms with E-state index in [1.54, 1.807) is 25.5 Å². The highest BCUT2D eigenvalue weighted by Gasteiger charge is 2.37. The maximum atomic E-state index is 13.4. The number of nitrogens with zero attached hydrogens (tertiary/aromatic N) is 1. The predicted molar refractivity (Wildman–Crippen MR) is 129 cm³/mol. The second kappa shape index (κ2) is 10.4. The Morgan fingerprint density at radius 1 is 1.05 bits per heavy atom. The molecular weight excluding hydrogens is 513 g/mol. The monoisotopic (exact) mass is 538 g/mol. The Hall–Kier alpha value is -3.67. The van der Waals surface area contributed by atoms with Gasteiger partial charge in [-0.15, -0.1) is 0 Å². The number of dihydropyridines is 1. The van der Waals surface area contributed by atoms with Crippen molar-refractivity contribution in [3.63, 3.8) is 0 Å². The average molecular weight is 539 g/mol. The van der Waals surface area contributed by atoms with Crippen molar-refractivity contribution >= 4 is 16.2 Å². The lowest BCUT2D eigenvalue weighted by atomic mass is 9.93. The van der Waals surface area contributed by atoms with E-state index in [4.69, 9.17) is 18.9 Å². The van der Waals surface area contributed by atoms with Crippen LogP contribution in [0, 0.1) is 0 Å². The van der Waals surface area contributed by atoms with Crippen LogP contribution in [0.5, 0.6) is 0 Å². The summed E-state index contributed by atoms with van der Waals surface area (Å²) in [5, 5.41) is 0. The van der Waals surface area contributed by atoms with Gasteiger partial charge in [-0.2, -0.15) is 13.2 Å². The zero-order chi connectivity index (χ0) is 26.8. The van der Waals surface area contributed by atoms with Crippen molar-refractivity contribution in [2.75, 3.05) is 21.3 Å². The summed E-state index contributed by atoms with van der Waals surface area (Å²) < 4.78 is 90.4. The first-order valence-electron chi connectivity index (χ1n) is 11.2. The lowest BCUT2D eigenvalue weighted by molar-refractivity contribution is -0.139. The molecule has 8 nitrogen and oxygen atoms in total. The number of allylic oxidation sites excluding steroid dienone is 3. The van der Waals surface area contributed by atoms with Gasteiger partial charge in [0.25, 0.3) is 10.0 Å². The molecule has 1 aromatic carbocycles. The summed E-state index contributed by atoms with van der Waals surface area (Å²) >= 11 is 0. The third-order valence-electron chi connectivity index (χ3n) is 5.95. The normalized spacial score (nSPS) is 21.7. The van der Waals surface area contributed by atoms with Gasteiger partial charge in [-0.25, -0.2) is 8.42 Å². The topological polar surface area (TPSA) is 95.5 Å². The Bertz CT molecular complexity index is 1360. The van der Waals surface area contributed by atoms with Crippen LogP contribution in [0.4, 0.5) is 13.2 Å². The van der Waals surface area contributed by atoms with Gasteiger partial charge in [-0.05, 0) is 24.3 Å². The molecule has 1 aliphatic heterocycles. The van der Waals surface area contributed by atoms with Gasteiger partial charge in [-0.3, -0.25) is 9.71 Å². The van der Waals surface area contributed by atoms with Gasteiger partial charge in [0.2, 0.25) is 0 Å². The van der Waals surface area contributed by atoms with Crippen molar-refractivity contribution < 1.29 is 40.5 Å². The fourth-order valence-electron chi connectivity index (χ4n) is 4.17. The first-order chi connectivity index (χ1) is 17.6. The van der Waals surface area contributed by atoms with Crippen LogP contribution in [-0.4, -0.2) is 48.1 Å². The van der Waals surface area contributed by atoms with Gasteiger partial charge in [0.1, 0.15) is 17.3 Å². The molecule has 0 saturated heterocycles. The van der Waals surface area contributed by atoms with E-state index in [-0.39, 0.29) is 18.2 Å². The summed E-state index contributed by atoms with van der Waals surface area (Å²) in [4.78, 5) is 3.61. The number of aliphatic imine (C=N–C) groups is 1. The van der Waals surface area contributed by atoms with Crippen molar-refractivity contribution in [3.8, 4) is 0 Å². The lowest BCUT2D eigenvalue weighted by Gasteiger charge is -2.31. The summed E-state index contributed by atoms with van der Waals surface area (Å²) in [6.45, 7) is 0. The molecule has 1 aromatic rings. The van der Waals surface area contributed by atoms with Crippen LogP contribution in [0.15, 0.2) is 92.8 Å². The Balaban J connectivity index is 1.54. The van der Waals surface area contributed by atoms with Gasteiger partial charge >= 0.3 is 6.18 Å². The molecule has 0 bridgehead atoms. The number of hydrogen-bond acceptors (Lipinski definition) is 7. The van der Waals surface area contributed by atoms with Crippen molar-refractivity contribution in [3.05, 3.63) is 88.4 Å². The third kappa shape index (κ3) is 5.53. The van der Waals surface area contributed by atoms with E-state index in [0.717, 1.165) is 23.8 Å². The van der Waals surface area contributed by atoms with E-state index < -0.39 is 32.8 Å². The minimum Gasteiger partial charge on any atom is -0.497 e. The summed E-state index contributed by atoms with van der Waals surface area (Å²) in [5.74, 6) is 2.05. The second-order valence-electron chi connectivity index (χ2n) is 8.20. The molecule has 12 heteroatoms. The molecule has 0 spiro atoms. The molecule has 4 rings (SSSR count). The third-order valence-corrected chi connectivity index (χ3v) is 7.39. The van der Waals surface area contributed by atoms with Crippen LogP contribution in [0.1, 0.15) is 18.4 Å². The Kier molecular flexibility index (Phi) is 7.39. The fourth-order valence-corrected chi connectivity index (χ4v) is 5.46. The molecule has 1 N–H and O–H groups in total. The zero-order valence-electron chi connectivity index (χ0n) is 20.2. The van der Waals surface area contributed by atoms with Crippen LogP contribution in [-0.2, 0) is 35.1 Å². The van der Waals surface area contributed by atoms with Gasteiger partial charge in [0.15, 0.2) is 11.9 Å². The second-order valence-corrected chi connectivity index (χ2v) is 9.85. The van der Waals surface area contributed by atoms with Crippen LogP contribution in [0.25, 0.3) is 0 Å². The van der Waals surface area contributed by atoms with Crippen molar-refractivity contribution in [1.82, 2.24) is 4.72 Å². The summed E-state index contributed by atoms with van der Waals surface area (Å²) in [7, 11) is -0.0360. The smallest absolute Gasteiger partial charge is 0.417 e. The summed E-state index contributed by atoms with van der Waals surface area (Å²) in [6, 6.07) is 3.76. The van der Waals surface area contributed by atoms with Gasteiger partial charge in [0, 0.05) is 36.4 Å². The Labute approximate surface area is 212 Å². The van der Waals surface area contributed by atoms with Gasteiger partial charge in [0.05, 0.1) is 37.8 Å². The van der Waals surface area contributed by atoms with Crippen molar-refractivity contribution in [2.24, 2.45) is 4.99 Å². The number of benzene rings is 1. The first-order valence-corrected chi connectivity index (χ1v) is 12.6. The molecule has 2 aliphatic carbocycles. The van der Waals surface area contributed by atoms with Crippen LogP contribution >= 0.6 is 0 Å². The van der Waals surface area contributed by atoms with E-state index in [1.807, 2.05) is 0 Å². The molecule has 0 radical (unpaired) electrons. The van der Waals surface area contributed by atoms with Crippen LogP contribution < -0.4 is 4.72 Å². The zero-order valence-corrected chi connectivity index (χ0v) is 21.0. The number of alkyl halides is 3. The number of nitrogens with one attached hydrogen (secondary N) is 1. The lowest BCUT2D eigenvalue weighted by Crippen LogP contribution is -2.29. The average Bonchev–Trinajstić information content (AvgIpc) is 2.88. The summed E-state index contributed by atoms with van der Waals surface area (Å²) in [6.07, 6.45) is 3.28. The van der Waals surface area contributed by atoms with Crippen LogP contribution in [0.3, 0.4) is 0 Å². The molecule has 0 aromatic heterocycles. The minimum absolute atomic E-state index is 0.0666. The predicted octanol–water partition coefficient (Wildman–Crippen LogP) is 4.36. The SMILES string of the molecule is COC1=CC(NS(=O)(=O)c2ccccc2C(F)(F)F)=CCC1OC1=CC=NC2CC(OC)=C(OC)C=C12. The molecule has 2 atom stereocenters. The maximum absolute atomic E-state index is 13.4. The molecule has 1 heterocycles. The maximum Gasteiger partial charge on any atom is 0.417 e. The quantitative estimate of drug-likeness (QED) is 0.529. The Morgan fingerprint density at radius 3 is 2.49 bits per heavy atom. The molecule has 198 valence electrons. The number of sulfonamides is 1. The van der Waals surface area contributed by atoms with E-state index >= 15 is 0 Å². The standard InChI is InChI=1S/C25H25F3N2O6S/c1-33-21-12-15(30-37(31,32)24-7-5-4-6-17(24)25(26,27)28)8-9-20(21)36-19-10-11-29-18-14-23(35-3)22(34-2)13-16(18)19/h4-8,10-13,18,20,30H,9,14H2,1-3H3. The molecule has 0 amide bonds. The van der Waals surface area contributed by atoms with E-state index in [0.29, 0.717) is 29.5 Å². The molecule has 0 fully saturated rings. The van der Waals surface area contributed by atoms with Gasteiger partial charge < -0.3 is 18.9 Å². The molecule has 3 aliphatic rings. The molecule has 37 heavy (non-hydrogen) atoms. The highest BCUT2D eigenvalue weighted by molar-refractivity contribution is 7.89. The molecule has 0 saturated carbocycles. The Morgan fingerprint density at radius 2 is 1.81 bits per heavy atom. The van der Waals surface area contributed by atoms with Crippen molar-refractivity contribution in [1.29, 1.82) is 0 Å².